The lowest BCUT2D eigenvalue weighted by Crippen LogP contribution is -2.38. The van der Waals surface area contributed by atoms with Gasteiger partial charge in [0.15, 0.2) is 0 Å². The van der Waals surface area contributed by atoms with Crippen molar-refractivity contribution in [3.8, 4) is 0 Å². The van der Waals surface area contributed by atoms with Crippen LogP contribution in [-0.4, -0.2) is 56.4 Å². The van der Waals surface area contributed by atoms with Crippen LogP contribution in [0, 0.1) is 0 Å². The fourth-order valence-electron chi connectivity index (χ4n) is 3.29. The predicted octanol–water partition coefficient (Wildman–Crippen LogP) is 0.996. The molecule has 0 spiro atoms. The van der Waals surface area contributed by atoms with Gasteiger partial charge in [0.2, 0.25) is 0 Å². The molecule has 0 unspecified atom stereocenters. The SMILES string of the molecule is CCN(Cc1ccc(C(=O)N(C)C)cc1)C(=O)c1ccc2c(=O)n(C)c(=O)n(C)c2n1. The van der Waals surface area contributed by atoms with Crippen molar-refractivity contribution in [3.05, 3.63) is 74.1 Å². The van der Waals surface area contributed by atoms with E-state index in [0.717, 1.165) is 10.1 Å². The highest BCUT2D eigenvalue weighted by molar-refractivity contribution is 5.95. The summed E-state index contributed by atoms with van der Waals surface area (Å²) in [6.45, 7) is 2.63. The Labute approximate surface area is 179 Å². The lowest BCUT2D eigenvalue weighted by molar-refractivity contribution is 0.0746. The van der Waals surface area contributed by atoms with Crippen molar-refractivity contribution < 1.29 is 9.59 Å². The van der Waals surface area contributed by atoms with E-state index < -0.39 is 11.2 Å². The molecule has 0 aliphatic rings. The van der Waals surface area contributed by atoms with E-state index in [4.69, 9.17) is 0 Å². The minimum atomic E-state index is -0.505. The Balaban J connectivity index is 1.90. The van der Waals surface area contributed by atoms with E-state index in [1.54, 1.807) is 31.1 Å². The van der Waals surface area contributed by atoms with Gasteiger partial charge in [-0.1, -0.05) is 12.1 Å². The summed E-state index contributed by atoms with van der Waals surface area (Å²) in [4.78, 5) is 57.0. The Morgan fingerprint density at radius 3 is 2.16 bits per heavy atom. The number of rotatable bonds is 5. The van der Waals surface area contributed by atoms with E-state index in [-0.39, 0.29) is 28.5 Å². The second-order valence-electron chi connectivity index (χ2n) is 7.49. The van der Waals surface area contributed by atoms with Gasteiger partial charge in [-0.2, -0.15) is 0 Å². The normalized spacial score (nSPS) is 10.9. The van der Waals surface area contributed by atoms with Crippen molar-refractivity contribution in [2.24, 2.45) is 14.1 Å². The maximum absolute atomic E-state index is 13.1. The summed E-state index contributed by atoms with van der Waals surface area (Å²) in [5, 5.41) is 0.269. The number of pyridine rings is 1. The number of carbonyl (C=O) groups excluding carboxylic acids is 2. The van der Waals surface area contributed by atoms with Gasteiger partial charge in [-0.05, 0) is 36.8 Å². The van der Waals surface area contributed by atoms with Crippen molar-refractivity contribution in [1.82, 2.24) is 23.9 Å². The molecule has 0 aliphatic carbocycles. The Kier molecular flexibility index (Phi) is 6.05. The third-order valence-corrected chi connectivity index (χ3v) is 5.17. The van der Waals surface area contributed by atoms with E-state index in [0.29, 0.717) is 18.7 Å². The first-order chi connectivity index (χ1) is 14.6. The summed E-state index contributed by atoms with van der Waals surface area (Å²) >= 11 is 0. The molecular weight excluding hydrogens is 398 g/mol. The van der Waals surface area contributed by atoms with Crippen LogP contribution in [0.15, 0.2) is 46.0 Å². The van der Waals surface area contributed by atoms with Crippen LogP contribution >= 0.6 is 0 Å². The van der Waals surface area contributed by atoms with E-state index in [1.165, 1.54) is 35.7 Å². The molecule has 0 saturated heterocycles. The number of aryl methyl sites for hydroxylation is 1. The summed E-state index contributed by atoms with van der Waals surface area (Å²) < 4.78 is 2.26. The monoisotopic (exact) mass is 423 g/mol. The molecule has 0 aliphatic heterocycles. The van der Waals surface area contributed by atoms with Gasteiger partial charge < -0.3 is 9.80 Å². The highest BCUT2D eigenvalue weighted by atomic mass is 16.2. The number of aromatic nitrogens is 3. The number of fused-ring (bicyclic) bond motifs is 1. The molecule has 0 saturated carbocycles. The summed E-state index contributed by atoms with van der Waals surface area (Å²) in [6.07, 6.45) is 0. The number of hydrogen-bond acceptors (Lipinski definition) is 5. The molecule has 3 rings (SSSR count). The Morgan fingerprint density at radius 2 is 1.58 bits per heavy atom. The van der Waals surface area contributed by atoms with Gasteiger partial charge in [-0.25, -0.2) is 9.78 Å². The number of benzene rings is 1. The number of carbonyl (C=O) groups is 2. The Morgan fingerprint density at radius 1 is 0.935 bits per heavy atom. The summed E-state index contributed by atoms with van der Waals surface area (Å²) in [5.74, 6) is -0.405. The zero-order valence-electron chi connectivity index (χ0n) is 18.2. The summed E-state index contributed by atoms with van der Waals surface area (Å²) in [7, 11) is 6.30. The largest absolute Gasteiger partial charge is 0.345 e. The lowest BCUT2D eigenvalue weighted by Gasteiger charge is -2.21. The maximum atomic E-state index is 13.1. The third kappa shape index (κ3) is 4.11. The summed E-state index contributed by atoms with van der Waals surface area (Å²) in [5.41, 5.74) is 0.798. The van der Waals surface area contributed by atoms with Crippen LogP contribution in [0.1, 0.15) is 33.3 Å². The van der Waals surface area contributed by atoms with E-state index in [9.17, 15) is 19.2 Å². The van der Waals surface area contributed by atoms with Crippen LogP contribution in [0.5, 0.6) is 0 Å². The molecule has 31 heavy (non-hydrogen) atoms. The highest BCUT2D eigenvalue weighted by Crippen LogP contribution is 2.13. The lowest BCUT2D eigenvalue weighted by atomic mass is 10.1. The molecule has 9 heteroatoms. The summed E-state index contributed by atoms with van der Waals surface area (Å²) in [6, 6.07) is 10.1. The molecule has 162 valence electrons. The molecule has 0 atom stereocenters. The zero-order chi connectivity index (χ0) is 22.9. The van der Waals surface area contributed by atoms with Crippen LogP contribution in [0.3, 0.4) is 0 Å². The van der Waals surface area contributed by atoms with Gasteiger partial charge in [0.05, 0.1) is 5.39 Å². The molecule has 2 aromatic heterocycles. The van der Waals surface area contributed by atoms with Crippen molar-refractivity contribution in [2.75, 3.05) is 20.6 Å². The predicted molar refractivity (Wildman–Crippen MR) is 117 cm³/mol. The van der Waals surface area contributed by atoms with Gasteiger partial charge in [-0.15, -0.1) is 0 Å². The molecule has 0 N–H and O–H groups in total. The molecule has 0 bridgehead atoms. The molecule has 2 heterocycles. The average molecular weight is 423 g/mol. The Bertz CT molecular complexity index is 1270. The van der Waals surface area contributed by atoms with Gasteiger partial charge in [0, 0.05) is 46.8 Å². The van der Waals surface area contributed by atoms with Gasteiger partial charge in [0.1, 0.15) is 11.3 Å². The van der Waals surface area contributed by atoms with Gasteiger partial charge in [-0.3, -0.25) is 23.5 Å². The minimum Gasteiger partial charge on any atom is -0.345 e. The van der Waals surface area contributed by atoms with Crippen molar-refractivity contribution in [2.45, 2.75) is 13.5 Å². The molecule has 3 aromatic rings. The van der Waals surface area contributed by atoms with Crippen molar-refractivity contribution >= 4 is 22.8 Å². The fraction of sp³-hybridized carbons (Fsp3) is 0.318. The second-order valence-corrected chi connectivity index (χ2v) is 7.49. The van der Waals surface area contributed by atoms with Gasteiger partial charge >= 0.3 is 5.69 Å². The van der Waals surface area contributed by atoms with E-state index in [2.05, 4.69) is 4.98 Å². The zero-order valence-corrected chi connectivity index (χ0v) is 18.2. The molecule has 2 amide bonds. The molecule has 1 aromatic carbocycles. The first-order valence-electron chi connectivity index (χ1n) is 9.82. The average Bonchev–Trinajstić information content (AvgIpc) is 2.78. The van der Waals surface area contributed by atoms with Crippen LogP contribution in [0.4, 0.5) is 0 Å². The third-order valence-electron chi connectivity index (χ3n) is 5.17. The van der Waals surface area contributed by atoms with Crippen LogP contribution in [0.25, 0.3) is 11.0 Å². The van der Waals surface area contributed by atoms with Crippen molar-refractivity contribution in [3.63, 3.8) is 0 Å². The van der Waals surface area contributed by atoms with Crippen LogP contribution in [0.2, 0.25) is 0 Å². The highest BCUT2D eigenvalue weighted by Gasteiger charge is 2.19. The molecular formula is C22H25N5O4. The smallest absolute Gasteiger partial charge is 0.332 e. The maximum Gasteiger partial charge on any atom is 0.332 e. The molecule has 0 fully saturated rings. The minimum absolute atomic E-state index is 0.0907. The first kappa shape index (κ1) is 21.9. The van der Waals surface area contributed by atoms with E-state index >= 15 is 0 Å². The Hall–Kier alpha value is -3.75. The standard InChI is InChI=1S/C22H25N5O4/c1-6-27(13-14-7-9-15(10-8-14)19(28)24(2)3)21(30)17-12-11-16-18(23-17)25(4)22(31)26(5)20(16)29/h7-12H,6,13H2,1-5H3. The topological polar surface area (TPSA) is 97.5 Å². The molecule has 9 nitrogen and oxygen atoms in total. The number of amides is 2. The number of nitrogens with zero attached hydrogens (tertiary/aromatic N) is 5. The fourth-order valence-corrected chi connectivity index (χ4v) is 3.29. The first-order valence-corrected chi connectivity index (χ1v) is 9.82. The van der Waals surface area contributed by atoms with E-state index in [1.807, 2.05) is 19.1 Å². The van der Waals surface area contributed by atoms with Crippen LogP contribution in [-0.2, 0) is 20.6 Å². The molecule has 0 radical (unpaired) electrons. The van der Waals surface area contributed by atoms with Crippen molar-refractivity contribution in [1.29, 1.82) is 0 Å². The second kappa shape index (κ2) is 8.55. The van der Waals surface area contributed by atoms with Gasteiger partial charge in [0.25, 0.3) is 17.4 Å². The van der Waals surface area contributed by atoms with Crippen LogP contribution < -0.4 is 11.2 Å². The quantitative estimate of drug-likeness (QED) is 0.610. The number of hydrogen-bond donors (Lipinski definition) is 0.